The largest absolute Gasteiger partial charge is 0.454 e. The van der Waals surface area contributed by atoms with Crippen molar-refractivity contribution < 1.29 is 14.3 Å². The normalized spacial score (nSPS) is 9.95. The lowest BCUT2D eigenvalue weighted by molar-refractivity contribution is 0.0998. The zero-order chi connectivity index (χ0) is 13.8. The Bertz CT molecular complexity index is 640. The molecule has 5 heteroatoms. The Kier molecular flexibility index (Phi) is 3.82. The third kappa shape index (κ3) is 2.74. The molecule has 2 aromatic carbocycles. The van der Waals surface area contributed by atoms with E-state index in [0.717, 1.165) is 0 Å². The molecule has 0 saturated heterocycles. The van der Waals surface area contributed by atoms with Gasteiger partial charge in [-0.3, -0.25) is 9.59 Å². The number of para-hydroxylation sites is 2. The number of hydrogen-bond acceptors (Lipinski definition) is 3. The number of aldehydes is 1. The van der Waals surface area contributed by atoms with Crippen LogP contribution in [0.2, 0.25) is 5.02 Å². The number of carbonyl (C=O) groups excluding carboxylic acids is 2. The van der Waals surface area contributed by atoms with E-state index in [1.165, 1.54) is 6.07 Å². The minimum absolute atomic E-state index is 0.202. The molecule has 1 amide bonds. The van der Waals surface area contributed by atoms with Crippen LogP contribution in [0.15, 0.2) is 42.5 Å². The highest BCUT2D eigenvalue weighted by Gasteiger charge is 2.13. The first-order valence-corrected chi connectivity index (χ1v) is 5.81. The van der Waals surface area contributed by atoms with Gasteiger partial charge >= 0.3 is 0 Å². The van der Waals surface area contributed by atoms with Crippen molar-refractivity contribution in [2.75, 3.05) is 0 Å². The molecule has 4 nitrogen and oxygen atoms in total. The van der Waals surface area contributed by atoms with Crippen LogP contribution in [0.1, 0.15) is 20.7 Å². The summed E-state index contributed by atoms with van der Waals surface area (Å²) < 4.78 is 5.56. The first-order chi connectivity index (χ1) is 9.13. The molecule has 0 aliphatic rings. The number of carbonyl (C=O) groups is 2. The summed E-state index contributed by atoms with van der Waals surface area (Å²) in [6, 6.07) is 11.3. The first-order valence-electron chi connectivity index (χ1n) is 5.44. The fraction of sp³-hybridized carbons (Fsp3) is 0. The van der Waals surface area contributed by atoms with Crippen LogP contribution in [0, 0.1) is 0 Å². The molecule has 0 fully saturated rings. The van der Waals surface area contributed by atoms with E-state index in [-0.39, 0.29) is 22.1 Å². The molecule has 19 heavy (non-hydrogen) atoms. The van der Waals surface area contributed by atoms with Crippen LogP contribution in [0.5, 0.6) is 11.5 Å². The van der Waals surface area contributed by atoms with Crippen LogP contribution >= 0.6 is 11.6 Å². The summed E-state index contributed by atoms with van der Waals surface area (Å²) in [4.78, 5) is 22.2. The average Bonchev–Trinajstić information content (AvgIpc) is 2.41. The molecule has 0 saturated carbocycles. The van der Waals surface area contributed by atoms with Crippen molar-refractivity contribution in [1.29, 1.82) is 0 Å². The lowest BCUT2D eigenvalue weighted by Gasteiger charge is -2.11. The smallest absolute Gasteiger partial charge is 0.252 e. The lowest BCUT2D eigenvalue weighted by Crippen LogP contribution is -2.12. The Hall–Kier alpha value is -2.33. The molecule has 0 spiro atoms. The quantitative estimate of drug-likeness (QED) is 0.872. The molecule has 2 rings (SSSR count). The molecule has 0 heterocycles. The van der Waals surface area contributed by atoms with Gasteiger partial charge < -0.3 is 10.5 Å². The summed E-state index contributed by atoms with van der Waals surface area (Å²) >= 11 is 5.99. The predicted octanol–water partition coefficient (Wildman–Crippen LogP) is 3.04. The summed E-state index contributed by atoms with van der Waals surface area (Å²) in [6.45, 7) is 0. The fourth-order valence-corrected chi connectivity index (χ4v) is 1.82. The zero-order valence-corrected chi connectivity index (χ0v) is 10.6. The fourth-order valence-electron chi connectivity index (χ4n) is 1.60. The molecular weight excluding hydrogens is 266 g/mol. The number of primary amides is 1. The molecule has 2 aromatic rings. The van der Waals surface area contributed by atoms with Gasteiger partial charge in [0.05, 0.1) is 16.1 Å². The number of rotatable bonds is 4. The summed E-state index contributed by atoms with van der Waals surface area (Å²) in [5.74, 6) is -0.158. The number of amides is 1. The van der Waals surface area contributed by atoms with Crippen molar-refractivity contribution >= 4 is 23.8 Å². The van der Waals surface area contributed by atoms with Crippen molar-refractivity contribution in [1.82, 2.24) is 0 Å². The molecule has 0 radical (unpaired) electrons. The summed E-state index contributed by atoms with van der Waals surface area (Å²) in [6.07, 6.45) is 0.633. The molecule has 0 aromatic heterocycles. The van der Waals surface area contributed by atoms with E-state index < -0.39 is 5.91 Å². The highest BCUT2D eigenvalue weighted by molar-refractivity contribution is 6.32. The number of benzene rings is 2. The van der Waals surface area contributed by atoms with Gasteiger partial charge in [0.2, 0.25) is 0 Å². The Labute approximate surface area is 114 Å². The topological polar surface area (TPSA) is 69.4 Å². The second kappa shape index (κ2) is 5.54. The summed E-state index contributed by atoms with van der Waals surface area (Å²) in [7, 11) is 0. The van der Waals surface area contributed by atoms with Crippen molar-refractivity contribution in [2.45, 2.75) is 0 Å². The number of hydrogen-bond donors (Lipinski definition) is 1. The molecule has 0 aliphatic carbocycles. The van der Waals surface area contributed by atoms with Crippen LogP contribution in [-0.4, -0.2) is 12.2 Å². The second-order valence-electron chi connectivity index (χ2n) is 3.74. The van der Waals surface area contributed by atoms with Gasteiger partial charge in [0.25, 0.3) is 5.91 Å². The Morgan fingerprint density at radius 1 is 1.16 bits per heavy atom. The maximum Gasteiger partial charge on any atom is 0.252 e. The van der Waals surface area contributed by atoms with Crippen LogP contribution < -0.4 is 10.5 Å². The van der Waals surface area contributed by atoms with Crippen molar-refractivity contribution in [3.63, 3.8) is 0 Å². The maximum absolute atomic E-state index is 11.3. The number of halogens is 1. The minimum Gasteiger partial charge on any atom is -0.454 e. The number of ether oxygens (including phenoxy) is 1. The maximum atomic E-state index is 11.3. The first kappa shape index (κ1) is 13.1. The van der Waals surface area contributed by atoms with E-state index in [9.17, 15) is 9.59 Å². The zero-order valence-electron chi connectivity index (χ0n) is 9.80. The summed E-state index contributed by atoms with van der Waals surface area (Å²) in [5.41, 5.74) is 5.77. The SMILES string of the molecule is NC(=O)c1ccccc1Oc1c(Cl)cccc1C=O. The monoisotopic (exact) mass is 275 g/mol. The standard InChI is InChI=1S/C14H10ClNO3/c15-11-6-3-4-9(8-17)13(11)19-12-7-2-1-5-10(12)14(16)18/h1-8H,(H2,16,18). The van der Waals surface area contributed by atoms with Crippen molar-refractivity contribution in [2.24, 2.45) is 5.73 Å². The number of nitrogens with two attached hydrogens (primary N) is 1. The molecule has 0 atom stereocenters. The van der Waals surface area contributed by atoms with Gasteiger partial charge in [-0.15, -0.1) is 0 Å². The molecule has 96 valence electrons. The van der Waals surface area contributed by atoms with Crippen molar-refractivity contribution in [3.8, 4) is 11.5 Å². The average molecular weight is 276 g/mol. The van der Waals surface area contributed by atoms with Crippen LogP contribution in [-0.2, 0) is 0 Å². The van der Waals surface area contributed by atoms with E-state index in [1.807, 2.05) is 0 Å². The van der Waals surface area contributed by atoms with E-state index >= 15 is 0 Å². The lowest BCUT2D eigenvalue weighted by atomic mass is 10.2. The molecule has 2 N–H and O–H groups in total. The highest BCUT2D eigenvalue weighted by atomic mass is 35.5. The van der Waals surface area contributed by atoms with Crippen LogP contribution in [0.3, 0.4) is 0 Å². The molecular formula is C14H10ClNO3. The Morgan fingerprint density at radius 2 is 1.89 bits per heavy atom. The van der Waals surface area contributed by atoms with Gasteiger partial charge in [-0.2, -0.15) is 0 Å². The van der Waals surface area contributed by atoms with Crippen LogP contribution in [0.25, 0.3) is 0 Å². The van der Waals surface area contributed by atoms with Gasteiger partial charge in [-0.25, -0.2) is 0 Å². The predicted molar refractivity (Wildman–Crippen MR) is 71.9 cm³/mol. The third-order valence-corrected chi connectivity index (χ3v) is 2.79. The van der Waals surface area contributed by atoms with Gasteiger partial charge in [-0.05, 0) is 24.3 Å². The van der Waals surface area contributed by atoms with E-state index in [4.69, 9.17) is 22.1 Å². The Morgan fingerprint density at radius 3 is 2.58 bits per heavy atom. The molecule has 0 aliphatic heterocycles. The van der Waals surface area contributed by atoms with Crippen molar-refractivity contribution in [3.05, 3.63) is 58.6 Å². The summed E-state index contributed by atoms with van der Waals surface area (Å²) in [5, 5.41) is 0.281. The van der Waals surface area contributed by atoms with E-state index in [0.29, 0.717) is 11.8 Å². The van der Waals surface area contributed by atoms with Gasteiger partial charge in [-0.1, -0.05) is 29.8 Å². The second-order valence-corrected chi connectivity index (χ2v) is 4.15. The van der Waals surface area contributed by atoms with Gasteiger partial charge in [0, 0.05) is 0 Å². The van der Waals surface area contributed by atoms with Gasteiger partial charge in [0.15, 0.2) is 12.0 Å². The van der Waals surface area contributed by atoms with E-state index in [1.54, 1.807) is 36.4 Å². The van der Waals surface area contributed by atoms with Gasteiger partial charge in [0.1, 0.15) is 5.75 Å². The van der Waals surface area contributed by atoms with E-state index in [2.05, 4.69) is 0 Å². The van der Waals surface area contributed by atoms with Crippen LogP contribution in [0.4, 0.5) is 0 Å². The molecule has 0 unspecified atom stereocenters. The third-order valence-electron chi connectivity index (χ3n) is 2.49. The molecule has 0 bridgehead atoms. The highest BCUT2D eigenvalue weighted by Crippen LogP contribution is 2.33. The Balaban J connectivity index is 2.48. The minimum atomic E-state index is -0.615.